The van der Waals surface area contributed by atoms with E-state index in [0.717, 1.165) is 11.3 Å². The van der Waals surface area contributed by atoms with Crippen LogP contribution in [0.3, 0.4) is 0 Å². The fraction of sp³-hybridized carbons (Fsp3) is 0.250. The van der Waals surface area contributed by atoms with E-state index in [1.165, 1.54) is 5.56 Å². The van der Waals surface area contributed by atoms with Crippen LogP contribution in [0.2, 0.25) is 0 Å². The molecule has 20 heavy (non-hydrogen) atoms. The molecule has 0 bridgehead atoms. The van der Waals surface area contributed by atoms with Crippen molar-refractivity contribution < 1.29 is 9.21 Å². The normalized spacial score (nSPS) is 11.5. The van der Waals surface area contributed by atoms with E-state index >= 15 is 0 Å². The third-order valence-corrected chi connectivity index (χ3v) is 3.08. The molecule has 0 atom stereocenters. The molecular weight excluding hydrogens is 252 g/mol. The number of hydrazone groups is 1. The van der Waals surface area contributed by atoms with Gasteiger partial charge < -0.3 is 4.42 Å². The number of amides is 1. The lowest BCUT2D eigenvalue weighted by molar-refractivity contribution is 0.0953. The number of carbonyl (C=O) groups excluding carboxylic acids is 1. The van der Waals surface area contributed by atoms with Crippen molar-refractivity contribution in [1.82, 2.24) is 5.43 Å². The summed E-state index contributed by atoms with van der Waals surface area (Å²) in [5.74, 6) is 1.06. The zero-order valence-electron chi connectivity index (χ0n) is 12.2. The molecule has 1 heterocycles. The largest absolute Gasteiger partial charge is 0.466 e. The third kappa shape index (κ3) is 3.15. The Bertz CT molecular complexity index is 652. The van der Waals surface area contributed by atoms with Crippen LogP contribution in [0.4, 0.5) is 0 Å². The van der Waals surface area contributed by atoms with Crippen molar-refractivity contribution in [3.05, 3.63) is 58.5 Å². The summed E-state index contributed by atoms with van der Waals surface area (Å²) in [6, 6.07) is 9.70. The first-order chi connectivity index (χ1) is 9.47. The topological polar surface area (TPSA) is 54.6 Å². The highest BCUT2D eigenvalue weighted by atomic mass is 16.3. The number of hydrogen-bond acceptors (Lipinski definition) is 3. The van der Waals surface area contributed by atoms with Gasteiger partial charge in [0.15, 0.2) is 0 Å². The van der Waals surface area contributed by atoms with Crippen molar-refractivity contribution in [3.8, 4) is 0 Å². The maximum Gasteiger partial charge on any atom is 0.274 e. The van der Waals surface area contributed by atoms with Crippen LogP contribution in [-0.4, -0.2) is 11.6 Å². The third-order valence-electron chi connectivity index (χ3n) is 3.08. The zero-order chi connectivity index (χ0) is 14.7. The van der Waals surface area contributed by atoms with Crippen LogP contribution in [0.15, 0.2) is 39.9 Å². The van der Waals surface area contributed by atoms with Gasteiger partial charge in [-0.1, -0.05) is 29.8 Å². The van der Waals surface area contributed by atoms with Gasteiger partial charge in [-0.25, -0.2) is 5.43 Å². The Morgan fingerprint density at radius 1 is 1.15 bits per heavy atom. The Morgan fingerprint density at radius 3 is 2.35 bits per heavy atom. The molecule has 0 unspecified atom stereocenters. The van der Waals surface area contributed by atoms with E-state index in [1.54, 1.807) is 13.0 Å². The molecule has 4 nitrogen and oxygen atoms in total. The Labute approximate surface area is 118 Å². The SMILES string of the molecule is CC(=NNC(=O)c1cc(C)oc1C)c1ccc(C)cc1. The van der Waals surface area contributed by atoms with Crippen molar-refractivity contribution in [2.24, 2.45) is 5.10 Å². The molecule has 1 aromatic carbocycles. The number of nitrogens with zero attached hydrogens (tertiary/aromatic N) is 1. The fourth-order valence-corrected chi connectivity index (χ4v) is 1.91. The second-order valence-corrected chi connectivity index (χ2v) is 4.83. The van der Waals surface area contributed by atoms with E-state index in [2.05, 4.69) is 10.5 Å². The number of hydrogen-bond donors (Lipinski definition) is 1. The summed E-state index contributed by atoms with van der Waals surface area (Å²) in [6.07, 6.45) is 0. The molecule has 0 aliphatic carbocycles. The van der Waals surface area contributed by atoms with E-state index in [-0.39, 0.29) is 5.91 Å². The van der Waals surface area contributed by atoms with E-state index in [9.17, 15) is 4.79 Å². The average molecular weight is 270 g/mol. The fourth-order valence-electron chi connectivity index (χ4n) is 1.91. The first-order valence-corrected chi connectivity index (χ1v) is 6.46. The first-order valence-electron chi connectivity index (χ1n) is 6.46. The molecule has 1 amide bonds. The Morgan fingerprint density at radius 2 is 1.80 bits per heavy atom. The van der Waals surface area contributed by atoms with Gasteiger partial charge >= 0.3 is 0 Å². The molecule has 104 valence electrons. The van der Waals surface area contributed by atoms with E-state index in [0.29, 0.717) is 17.1 Å². The summed E-state index contributed by atoms with van der Waals surface area (Å²) in [6.45, 7) is 7.46. The second-order valence-electron chi connectivity index (χ2n) is 4.83. The molecule has 0 aliphatic rings. The molecule has 0 fully saturated rings. The summed E-state index contributed by atoms with van der Waals surface area (Å²) >= 11 is 0. The molecule has 0 aliphatic heterocycles. The van der Waals surface area contributed by atoms with E-state index in [1.807, 2.05) is 45.0 Å². The Balaban J connectivity index is 2.10. The molecule has 0 spiro atoms. The van der Waals surface area contributed by atoms with Crippen LogP contribution >= 0.6 is 0 Å². The Hall–Kier alpha value is -2.36. The summed E-state index contributed by atoms with van der Waals surface area (Å²) in [5.41, 5.74) is 6.00. The van der Waals surface area contributed by atoms with Gasteiger partial charge in [0.25, 0.3) is 5.91 Å². The lowest BCUT2D eigenvalue weighted by atomic mass is 10.1. The van der Waals surface area contributed by atoms with E-state index in [4.69, 9.17) is 4.42 Å². The quantitative estimate of drug-likeness (QED) is 0.686. The van der Waals surface area contributed by atoms with Crippen molar-refractivity contribution in [1.29, 1.82) is 0 Å². The minimum Gasteiger partial charge on any atom is -0.466 e. The highest BCUT2D eigenvalue weighted by molar-refractivity contribution is 6.01. The summed E-state index contributed by atoms with van der Waals surface area (Å²) in [5, 5.41) is 4.13. The molecule has 1 N–H and O–H groups in total. The van der Waals surface area contributed by atoms with Gasteiger partial charge in [0, 0.05) is 0 Å². The lowest BCUT2D eigenvalue weighted by Crippen LogP contribution is -2.19. The van der Waals surface area contributed by atoms with Crippen molar-refractivity contribution in [2.45, 2.75) is 27.7 Å². The van der Waals surface area contributed by atoms with Gasteiger partial charge in [-0.3, -0.25) is 4.79 Å². The van der Waals surface area contributed by atoms with Crippen LogP contribution in [0.25, 0.3) is 0 Å². The number of aryl methyl sites for hydroxylation is 3. The number of rotatable bonds is 3. The zero-order valence-corrected chi connectivity index (χ0v) is 12.2. The van der Waals surface area contributed by atoms with Crippen LogP contribution < -0.4 is 5.43 Å². The van der Waals surface area contributed by atoms with Gasteiger partial charge in [0.2, 0.25) is 0 Å². The maximum atomic E-state index is 12.0. The number of benzene rings is 1. The number of nitrogens with one attached hydrogen (secondary N) is 1. The van der Waals surface area contributed by atoms with Gasteiger partial charge in [-0.2, -0.15) is 5.10 Å². The van der Waals surface area contributed by atoms with Crippen LogP contribution in [-0.2, 0) is 0 Å². The minimum absolute atomic E-state index is 0.259. The van der Waals surface area contributed by atoms with Crippen LogP contribution in [0.5, 0.6) is 0 Å². The van der Waals surface area contributed by atoms with E-state index < -0.39 is 0 Å². The monoisotopic (exact) mass is 270 g/mol. The molecule has 4 heteroatoms. The molecule has 1 aromatic heterocycles. The van der Waals surface area contributed by atoms with Gasteiger partial charge in [-0.05, 0) is 39.3 Å². The van der Waals surface area contributed by atoms with Crippen LogP contribution in [0, 0.1) is 20.8 Å². The minimum atomic E-state index is -0.259. The summed E-state index contributed by atoms with van der Waals surface area (Å²) < 4.78 is 5.33. The first kappa shape index (κ1) is 14.1. The van der Waals surface area contributed by atoms with Crippen molar-refractivity contribution in [3.63, 3.8) is 0 Å². The number of carbonyl (C=O) groups is 1. The van der Waals surface area contributed by atoms with Crippen LogP contribution in [0.1, 0.15) is 39.9 Å². The van der Waals surface area contributed by atoms with Gasteiger partial charge in [0.05, 0.1) is 11.3 Å². The number of furan rings is 1. The van der Waals surface area contributed by atoms with Gasteiger partial charge in [0.1, 0.15) is 11.5 Å². The highest BCUT2D eigenvalue weighted by Crippen LogP contribution is 2.13. The Kier molecular flexibility index (Phi) is 4.03. The smallest absolute Gasteiger partial charge is 0.274 e. The summed E-state index contributed by atoms with van der Waals surface area (Å²) in [4.78, 5) is 12.0. The molecule has 2 rings (SSSR count). The highest BCUT2D eigenvalue weighted by Gasteiger charge is 2.12. The molecule has 0 saturated carbocycles. The van der Waals surface area contributed by atoms with Crippen molar-refractivity contribution >= 4 is 11.6 Å². The standard InChI is InChI=1S/C16H18N2O2/c1-10-5-7-14(8-6-10)12(3)17-18-16(19)15-9-11(2)20-13(15)4/h5-9H,1-4H3,(H,18,19). The van der Waals surface area contributed by atoms with Crippen molar-refractivity contribution in [2.75, 3.05) is 0 Å². The molecular formula is C16H18N2O2. The second kappa shape index (κ2) is 5.74. The summed E-state index contributed by atoms with van der Waals surface area (Å²) in [7, 11) is 0. The molecule has 0 saturated heterocycles. The maximum absolute atomic E-state index is 12.0. The van der Waals surface area contributed by atoms with Gasteiger partial charge in [-0.15, -0.1) is 0 Å². The predicted octanol–water partition coefficient (Wildman–Crippen LogP) is 3.36. The molecule has 0 radical (unpaired) electrons. The average Bonchev–Trinajstić information content (AvgIpc) is 2.75. The molecule has 2 aromatic rings. The predicted molar refractivity (Wildman–Crippen MR) is 79.0 cm³/mol. The lowest BCUT2D eigenvalue weighted by Gasteiger charge is -2.03.